The molecule has 1 aromatic rings. The zero-order valence-electron chi connectivity index (χ0n) is 11.3. The van der Waals surface area contributed by atoms with Crippen molar-refractivity contribution in [1.82, 2.24) is 10.2 Å². The maximum absolute atomic E-state index is 9.61. The average Bonchev–Trinajstić information content (AvgIpc) is 2.40. The average molecular weight is 321 g/mol. The lowest BCUT2D eigenvalue weighted by atomic mass is 10.0. The van der Waals surface area contributed by atoms with E-state index in [0.29, 0.717) is 0 Å². The molecule has 20 heavy (non-hydrogen) atoms. The predicted octanol–water partition coefficient (Wildman–Crippen LogP) is 2.46. The smallest absolute Gasteiger partial charge is 0.157 e. The van der Waals surface area contributed by atoms with Crippen molar-refractivity contribution >= 4 is 24.8 Å². The molecule has 0 saturated carbocycles. The van der Waals surface area contributed by atoms with Crippen molar-refractivity contribution in [2.75, 3.05) is 26.2 Å². The number of rotatable bonds is 4. The second-order valence-corrected chi connectivity index (χ2v) is 4.57. The largest absolute Gasteiger partial charge is 0.504 e. The maximum atomic E-state index is 9.61. The molecule has 6 heteroatoms. The predicted molar refractivity (Wildman–Crippen MR) is 86.3 cm³/mol. The van der Waals surface area contributed by atoms with Gasteiger partial charge in [-0.2, -0.15) is 0 Å². The lowest BCUT2D eigenvalue weighted by Gasteiger charge is -2.34. The lowest BCUT2D eigenvalue weighted by molar-refractivity contribution is 0.174. The van der Waals surface area contributed by atoms with Crippen LogP contribution in [0.15, 0.2) is 30.9 Å². The minimum Gasteiger partial charge on any atom is -0.504 e. The Morgan fingerprint density at radius 3 is 2.40 bits per heavy atom. The van der Waals surface area contributed by atoms with Crippen molar-refractivity contribution < 1.29 is 10.2 Å². The molecule has 1 heterocycles. The molecule has 1 aliphatic heterocycles. The second-order valence-electron chi connectivity index (χ2n) is 4.57. The molecule has 0 spiro atoms. The number of phenols is 2. The first-order valence-electron chi connectivity index (χ1n) is 6.30. The quantitative estimate of drug-likeness (QED) is 0.589. The van der Waals surface area contributed by atoms with Gasteiger partial charge in [-0.15, -0.1) is 31.4 Å². The third-order valence-electron chi connectivity index (χ3n) is 3.37. The summed E-state index contributed by atoms with van der Waals surface area (Å²) < 4.78 is 0. The van der Waals surface area contributed by atoms with Crippen LogP contribution < -0.4 is 5.32 Å². The maximum Gasteiger partial charge on any atom is 0.157 e. The van der Waals surface area contributed by atoms with Crippen LogP contribution in [0.1, 0.15) is 18.0 Å². The van der Waals surface area contributed by atoms with Gasteiger partial charge in [0.1, 0.15) is 0 Å². The highest BCUT2D eigenvalue weighted by atomic mass is 35.5. The van der Waals surface area contributed by atoms with Gasteiger partial charge in [0, 0.05) is 32.2 Å². The summed E-state index contributed by atoms with van der Waals surface area (Å²) in [5.74, 6) is -0.131. The number of aromatic hydroxyl groups is 2. The highest BCUT2D eigenvalue weighted by Crippen LogP contribution is 2.32. The van der Waals surface area contributed by atoms with Crippen LogP contribution in [-0.4, -0.2) is 41.3 Å². The molecule has 1 aromatic carbocycles. The summed E-state index contributed by atoms with van der Waals surface area (Å²) >= 11 is 0. The van der Waals surface area contributed by atoms with E-state index in [0.717, 1.165) is 38.2 Å². The molecule has 1 saturated heterocycles. The minimum absolute atomic E-state index is 0. The van der Waals surface area contributed by atoms with Crippen LogP contribution >= 0.6 is 24.8 Å². The third-order valence-corrected chi connectivity index (χ3v) is 3.37. The molecular weight excluding hydrogens is 299 g/mol. The Morgan fingerprint density at radius 1 is 1.20 bits per heavy atom. The Labute approximate surface area is 132 Å². The molecule has 0 aromatic heterocycles. The fourth-order valence-electron chi connectivity index (χ4n) is 2.40. The summed E-state index contributed by atoms with van der Waals surface area (Å²) in [6, 6.07) is 5.27. The molecule has 4 nitrogen and oxygen atoms in total. The highest BCUT2D eigenvalue weighted by molar-refractivity contribution is 5.85. The molecule has 1 aliphatic rings. The summed E-state index contributed by atoms with van der Waals surface area (Å²) in [5, 5.41) is 22.3. The van der Waals surface area contributed by atoms with Crippen LogP contribution in [-0.2, 0) is 0 Å². The van der Waals surface area contributed by atoms with E-state index in [2.05, 4.69) is 16.8 Å². The fraction of sp³-hybridized carbons (Fsp3) is 0.429. The standard InChI is InChI=1S/C14H20N2O2.2ClH/c1-2-3-12(16-8-6-15-7-9-16)11-4-5-13(17)14(18)10-11;;/h2,4-5,10,12,15,17-18H,1,3,6-9H2;2*1H/t12-;;/m1../s1. The molecule has 0 unspecified atom stereocenters. The third kappa shape index (κ3) is 4.56. The van der Waals surface area contributed by atoms with Gasteiger partial charge in [-0.1, -0.05) is 12.1 Å². The minimum atomic E-state index is -0.0728. The first-order chi connectivity index (χ1) is 8.72. The Balaban J connectivity index is 0.00000180. The first-order valence-corrected chi connectivity index (χ1v) is 6.30. The Hall–Kier alpha value is -0.940. The van der Waals surface area contributed by atoms with Gasteiger partial charge in [-0.3, -0.25) is 4.90 Å². The van der Waals surface area contributed by atoms with Gasteiger partial charge in [-0.25, -0.2) is 0 Å². The van der Waals surface area contributed by atoms with Gasteiger partial charge >= 0.3 is 0 Å². The molecular formula is C14H22Cl2N2O2. The summed E-state index contributed by atoms with van der Waals surface area (Å²) in [7, 11) is 0. The van der Waals surface area contributed by atoms with Crippen LogP contribution in [0.2, 0.25) is 0 Å². The molecule has 3 N–H and O–H groups in total. The van der Waals surface area contributed by atoms with Crippen LogP contribution in [0.3, 0.4) is 0 Å². The molecule has 0 radical (unpaired) electrons. The van der Waals surface area contributed by atoms with E-state index in [1.807, 2.05) is 12.1 Å². The fourth-order valence-corrected chi connectivity index (χ4v) is 2.40. The van der Waals surface area contributed by atoms with Crippen LogP contribution in [0.25, 0.3) is 0 Å². The van der Waals surface area contributed by atoms with E-state index in [4.69, 9.17) is 0 Å². The number of phenolic OH excluding ortho intramolecular Hbond substituents is 2. The van der Waals surface area contributed by atoms with Gasteiger partial charge in [0.25, 0.3) is 0 Å². The number of hydrogen-bond acceptors (Lipinski definition) is 4. The van der Waals surface area contributed by atoms with Gasteiger partial charge in [-0.05, 0) is 24.1 Å². The Kier molecular flexibility index (Phi) is 8.65. The molecule has 0 bridgehead atoms. The van der Waals surface area contributed by atoms with Crippen LogP contribution in [0.4, 0.5) is 0 Å². The number of piperazine rings is 1. The number of hydrogen-bond donors (Lipinski definition) is 3. The Morgan fingerprint density at radius 2 is 1.85 bits per heavy atom. The van der Waals surface area contributed by atoms with E-state index < -0.39 is 0 Å². The van der Waals surface area contributed by atoms with E-state index >= 15 is 0 Å². The van der Waals surface area contributed by atoms with Gasteiger partial charge in [0.05, 0.1) is 0 Å². The molecule has 114 valence electrons. The van der Waals surface area contributed by atoms with Crippen LogP contribution in [0, 0.1) is 0 Å². The normalized spacial score (nSPS) is 16.6. The van der Waals surface area contributed by atoms with Gasteiger partial charge < -0.3 is 15.5 Å². The van der Waals surface area contributed by atoms with Crippen molar-refractivity contribution in [3.63, 3.8) is 0 Å². The van der Waals surface area contributed by atoms with Crippen LogP contribution in [0.5, 0.6) is 11.5 Å². The van der Waals surface area contributed by atoms with E-state index in [9.17, 15) is 10.2 Å². The molecule has 0 amide bonds. The van der Waals surface area contributed by atoms with E-state index in [1.54, 1.807) is 12.1 Å². The van der Waals surface area contributed by atoms with Crippen molar-refractivity contribution in [3.8, 4) is 11.5 Å². The lowest BCUT2D eigenvalue weighted by Crippen LogP contribution is -2.45. The Bertz CT molecular complexity index is 424. The first kappa shape index (κ1) is 19.1. The highest BCUT2D eigenvalue weighted by Gasteiger charge is 2.21. The number of nitrogens with zero attached hydrogens (tertiary/aromatic N) is 1. The summed E-state index contributed by atoms with van der Waals surface area (Å²) in [4.78, 5) is 2.38. The molecule has 2 rings (SSSR count). The van der Waals surface area contributed by atoms with Gasteiger partial charge in [0.15, 0.2) is 11.5 Å². The molecule has 1 fully saturated rings. The number of halogens is 2. The number of benzene rings is 1. The van der Waals surface area contributed by atoms with E-state index in [-0.39, 0.29) is 42.4 Å². The number of nitrogens with one attached hydrogen (secondary N) is 1. The zero-order valence-corrected chi connectivity index (χ0v) is 12.9. The van der Waals surface area contributed by atoms with Crippen molar-refractivity contribution in [3.05, 3.63) is 36.4 Å². The zero-order chi connectivity index (χ0) is 13.0. The van der Waals surface area contributed by atoms with Crippen molar-refractivity contribution in [1.29, 1.82) is 0 Å². The topological polar surface area (TPSA) is 55.7 Å². The second kappa shape index (κ2) is 9.08. The van der Waals surface area contributed by atoms with Crippen molar-refractivity contribution in [2.45, 2.75) is 12.5 Å². The summed E-state index contributed by atoms with van der Waals surface area (Å²) in [6.07, 6.45) is 2.74. The SMILES string of the molecule is C=CC[C@H](c1ccc(O)c(O)c1)N1CCNCC1.Cl.Cl. The monoisotopic (exact) mass is 320 g/mol. The summed E-state index contributed by atoms with van der Waals surface area (Å²) in [5.41, 5.74) is 1.02. The van der Waals surface area contributed by atoms with E-state index in [1.165, 1.54) is 0 Å². The van der Waals surface area contributed by atoms with Crippen molar-refractivity contribution in [2.24, 2.45) is 0 Å². The molecule has 0 aliphatic carbocycles. The van der Waals surface area contributed by atoms with Gasteiger partial charge in [0.2, 0.25) is 0 Å². The molecule has 1 atom stereocenters. The summed E-state index contributed by atoms with van der Waals surface area (Å²) in [6.45, 7) is 7.75.